The zero-order valence-electron chi connectivity index (χ0n) is 12.8. The highest BCUT2D eigenvalue weighted by Gasteiger charge is 2.48. The van der Waals surface area contributed by atoms with Crippen LogP contribution in [0.4, 0.5) is 0 Å². The van der Waals surface area contributed by atoms with E-state index in [-0.39, 0.29) is 42.7 Å². The lowest BCUT2D eigenvalue weighted by molar-refractivity contribution is -0.127. The number of halogens is 2. The minimum Gasteiger partial charge on any atom is -0.355 e. The van der Waals surface area contributed by atoms with Gasteiger partial charge in [0.2, 0.25) is 5.91 Å². The summed E-state index contributed by atoms with van der Waals surface area (Å²) in [6.45, 7) is 2.78. The van der Waals surface area contributed by atoms with Crippen molar-refractivity contribution < 1.29 is 4.79 Å². The Morgan fingerprint density at radius 3 is 2.73 bits per heavy atom. The summed E-state index contributed by atoms with van der Waals surface area (Å²) in [7, 11) is 0. The van der Waals surface area contributed by atoms with Crippen LogP contribution < -0.4 is 11.1 Å². The van der Waals surface area contributed by atoms with E-state index in [1.807, 2.05) is 0 Å². The first-order valence-corrected chi connectivity index (χ1v) is 8.53. The van der Waals surface area contributed by atoms with Crippen LogP contribution in [-0.2, 0) is 17.6 Å². The number of hydrogen-bond acceptors (Lipinski definition) is 4. The Morgan fingerprint density at radius 2 is 2.14 bits per heavy atom. The molecule has 1 amide bonds. The minimum atomic E-state index is 0. The molecule has 3 rings (SSSR count). The first kappa shape index (κ1) is 19.7. The van der Waals surface area contributed by atoms with Crippen LogP contribution in [0, 0.1) is 17.8 Å². The number of aromatic nitrogens is 1. The molecule has 2 fully saturated rings. The highest BCUT2D eigenvalue weighted by Crippen LogP contribution is 2.47. The summed E-state index contributed by atoms with van der Waals surface area (Å²) in [4.78, 5) is 16.8. The number of thiazole rings is 1. The van der Waals surface area contributed by atoms with Crippen LogP contribution in [0.2, 0.25) is 0 Å². The Kier molecular flexibility index (Phi) is 7.59. The maximum atomic E-state index is 12.3. The van der Waals surface area contributed by atoms with Crippen molar-refractivity contribution in [3.63, 3.8) is 0 Å². The van der Waals surface area contributed by atoms with Crippen molar-refractivity contribution in [2.24, 2.45) is 23.5 Å². The molecule has 0 aromatic carbocycles. The van der Waals surface area contributed by atoms with Crippen LogP contribution in [0.25, 0.3) is 0 Å². The zero-order chi connectivity index (χ0) is 14.1. The van der Waals surface area contributed by atoms with Crippen molar-refractivity contribution in [1.29, 1.82) is 0 Å². The molecule has 2 aliphatic carbocycles. The van der Waals surface area contributed by atoms with Crippen molar-refractivity contribution in [2.45, 2.75) is 45.1 Å². The lowest BCUT2D eigenvalue weighted by atomic mass is 9.84. The lowest BCUT2D eigenvalue weighted by Gasteiger charge is -2.26. The maximum absolute atomic E-state index is 12.3. The number of rotatable bonds is 5. The van der Waals surface area contributed by atoms with Gasteiger partial charge in [-0.05, 0) is 37.5 Å². The van der Waals surface area contributed by atoms with Gasteiger partial charge in [0.05, 0.1) is 16.6 Å². The number of nitrogens with two attached hydrogens (primary N) is 1. The van der Waals surface area contributed by atoms with Gasteiger partial charge in [0.15, 0.2) is 0 Å². The van der Waals surface area contributed by atoms with E-state index in [0.717, 1.165) is 25.0 Å². The van der Waals surface area contributed by atoms with Crippen molar-refractivity contribution >= 4 is 42.1 Å². The first-order valence-electron chi connectivity index (χ1n) is 7.65. The molecule has 22 heavy (non-hydrogen) atoms. The summed E-state index contributed by atoms with van der Waals surface area (Å²) >= 11 is 1.70. The van der Waals surface area contributed by atoms with Crippen LogP contribution in [0.5, 0.6) is 0 Å². The van der Waals surface area contributed by atoms with Crippen LogP contribution in [0.15, 0.2) is 5.38 Å². The van der Waals surface area contributed by atoms with E-state index >= 15 is 0 Å². The highest BCUT2D eigenvalue weighted by atomic mass is 35.5. The van der Waals surface area contributed by atoms with Crippen molar-refractivity contribution in [3.05, 3.63) is 16.1 Å². The SMILES string of the molecule is CCc1nc(CCNC(=O)C2C3CCC(C3)C2N)cs1.Cl.Cl. The van der Waals surface area contributed by atoms with Crippen molar-refractivity contribution in [1.82, 2.24) is 10.3 Å². The molecule has 0 saturated heterocycles. The molecule has 0 spiro atoms. The van der Waals surface area contributed by atoms with E-state index in [2.05, 4.69) is 22.6 Å². The number of carbonyl (C=O) groups excluding carboxylic acids is 1. The van der Waals surface area contributed by atoms with E-state index in [0.29, 0.717) is 18.4 Å². The molecular weight excluding hydrogens is 341 g/mol. The summed E-state index contributed by atoms with van der Waals surface area (Å²) < 4.78 is 0. The van der Waals surface area contributed by atoms with Crippen LogP contribution in [0.3, 0.4) is 0 Å². The second-order valence-corrected chi connectivity index (χ2v) is 7.01. The van der Waals surface area contributed by atoms with Crippen molar-refractivity contribution in [2.75, 3.05) is 6.54 Å². The van der Waals surface area contributed by atoms with Crippen LogP contribution in [0.1, 0.15) is 36.9 Å². The number of nitrogens with zero attached hydrogens (tertiary/aromatic N) is 1. The van der Waals surface area contributed by atoms with Gasteiger partial charge < -0.3 is 11.1 Å². The fourth-order valence-corrected chi connectivity index (χ4v) is 4.56. The molecule has 0 radical (unpaired) electrons. The molecule has 4 unspecified atom stereocenters. The predicted octanol–water partition coefficient (Wildman–Crippen LogP) is 2.58. The highest BCUT2D eigenvalue weighted by molar-refractivity contribution is 7.09. The van der Waals surface area contributed by atoms with Gasteiger partial charge in [-0.1, -0.05) is 6.92 Å². The number of amides is 1. The van der Waals surface area contributed by atoms with Crippen LogP contribution >= 0.6 is 36.2 Å². The third kappa shape index (κ3) is 3.94. The summed E-state index contributed by atoms with van der Waals surface area (Å²) in [5.74, 6) is 1.33. The van der Waals surface area contributed by atoms with Gasteiger partial charge in [0, 0.05) is 24.4 Å². The van der Waals surface area contributed by atoms with Gasteiger partial charge in [0.25, 0.3) is 0 Å². The molecule has 0 aliphatic heterocycles. The van der Waals surface area contributed by atoms with E-state index in [4.69, 9.17) is 5.73 Å². The molecule has 2 bridgehead atoms. The average molecular weight is 366 g/mol. The quantitative estimate of drug-likeness (QED) is 0.842. The minimum absolute atomic E-state index is 0. The predicted molar refractivity (Wildman–Crippen MR) is 95.0 cm³/mol. The largest absolute Gasteiger partial charge is 0.355 e. The fourth-order valence-electron chi connectivity index (χ4n) is 3.78. The molecule has 1 aromatic heterocycles. The molecule has 3 N–H and O–H groups in total. The lowest BCUT2D eigenvalue weighted by Crippen LogP contribution is -2.45. The Hall–Kier alpha value is -0.360. The molecule has 1 heterocycles. The normalized spacial score (nSPS) is 28.8. The third-order valence-electron chi connectivity index (χ3n) is 4.87. The second-order valence-electron chi connectivity index (χ2n) is 6.06. The van der Waals surface area contributed by atoms with Crippen LogP contribution in [-0.4, -0.2) is 23.5 Å². The number of nitrogens with one attached hydrogen (secondary N) is 1. The number of fused-ring (bicyclic) bond motifs is 2. The average Bonchev–Trinajstić information content (AvgIpc) is 3.13. The summed E-state index contributed by atoms with van der Waals surface area (Å²) in [5, 5.41) is 6.32. The summed E-state index contributed by atoms with van der Waals surface area (Å²) in [6, 6.07) is 0.0831. The number of hydrogen-bond donors (Lipinski definition) is 2. The Morgan fingerprint density at radius 1 is 1.41 bits per heavy atom. The van der Waals surface area contributed by atoms with Gasteiger partial charge in [0.1, 0.15) is 0 Å². The fraction of sp³-hybridized carbons (Fsp3) is 0.733. The van der Waals surface area contributed by atoms with Crippen molar-refractivity contribution in [3.8, 4) is 0 Å². The Labute approximate surface area is 148 Å². The van der Waals surface area contributed by atoms with E-state index in [9.17, 15) is 4.79 Å². The molecule has 126 valence electrons. The van der Waals surface area contributed by atoms with Gasteiger partial charge in [-0.15, -0.1) is 36.2 Å². The molecule has 4 nitrogen and oxygen atoms in total. The Balaban J connectivity index is 0.00000121. The van der Waals surface area contributed by atoms with Gasteiger partial charge in [-0.3, -0.25) is 4.79 Å². The number of aryl methyl sites for hydroxylation is 1. The van der Waals surface area contributed by atoms with E-state index in [1.165, 1.54) is 17.8 Å². The van der Waals surface area contributed by atoms with Gasteiger partial charge >= 0.3 is 0 Å². The second kappa shape index (κ2) is 8.48. The molecule has 2 saturated carbocycles. The first-order chi connectivity index (χ1) is 9.69. The standard InChI is InChI=1S/C15H23N3OS.2ClH/c1-2-12-18-11(8-20-12)5-6-17-15(19)13-9-3-4-10(7-9)14(13)16;;/h8-10,13-14H,2-7,16H2,1H3,(H,17,19);2*1H. The zero-order valence-corrected chi connectivity index (χ0v) is 15.2. The Bertz CT molecular complexity index is 495. The molecule has 4 atom stereocenters. The topological polar surface area (TPSA) is 68.0 Å². The van der Waals surface area contributed by atoms with Gasteiger partial charge in [-0.25, -0.2) is 4.98 Å². The summed E-state index contributed by atoms with van der Waals surface area (Å²) in [5.41, 5.74) is 7.29. The molecule has 1 aromatic rings. The third-order valence-corrected chi connectivity index (χ3v) is 5.91. The monoisotopic (exact) mass is 365 g/mol. The molecule has 7 heteroatoms. The maximum Gasteiger partial charge on any atom is 0.224 e. The molecule has 2 aliphatic rings. The van der Waals surface area contributed by atoms with E-state index < -0.39 is 0 Å². The van der Waals surface area contributed by atoms with Gasteiger partial charge in [-0.2, -0.15) is 0 Å². The number of carbonyl (C=O) groups is 1. The molecular formula is C15H25Cl2N3OS. The van der Waals surface area contributed by atoms with E-state index in [1.54, 1.807) is 11.3 Å². The smallest absolute Gasteiger partial charge is 0.224 e. The summed E-state index contributed by atoms with van der Waals surface area (Å²) in [6.07, 6.45) is 5.36.